The molecule has 186 valence electrons. The van der Waals surface area contributed by atoms with Gasteiger partial charge in [0.05, 0.1) is 25.6 Å². The highest BCUT2D eigenvalue weighted by atomic mass is 35.5. The van der Waals surface area contributed by atoms with E-state index in [2.05, 4.69) is 22.1 Å². The van der Waals surface area contributed by atoms with Gasteiger partial charge in [-0.25, -0.2) is 14.8 Å². The zero-order valence-corrected chi connectivity index (χ0v) is 21.4. The topological polar surface area (TPSA) is 76.9 Å². The molecular formula is C28H22Cl2N4O3. The molecule has 0 saturated carbocycles. The number of hydrogen-bond donors (Lipinski definition) is 0. The Bertz CT molecular complexity index is 1430. The molecule has 3 aromatic carbocycles. The zero-order valence-electron chi connectivity index (χ0n) is 19.8. The number of hydrogen-bond acceptors (Lipinski definition) is 7. The first-order chi connectivity index (χ1) is 18.0. The van der Waals surface area contributed by atoms with Gasteiger partial charge in [0.1, 0.15) is 12.2 Å². The molecule has 9 heteroatoms. The van der Waals surface area contributed by atoms with Crippen molar-refractivity contribution in [3.63, 3.8) is 0 Å². The van der Waals surface area contributed by atoms with Gasteiger partial charge in [-0.05, 0) is 41.0 Å². The Kier molecular flexibility index (Phi) is 7.35. The standard InChI is InChI=1S/C28H22Cl2N4O3/c1-36-27(35)23-15-31-28(37-17-18-7-11-21(29)12-8-18)32-26(23)34-16-24(19-5-3-2-4-6-19)25(33-34)20-9-13-22(30)14-10-20/h2-15,24H,16-17H2,1H3. The minimum atomic E-state index is -0.564. The first-order valence-corrected chi connectivity index (χ1v) is 12.3. The van der Waals surface area contributed by atoms with Crippen molar-refractivity contribution in [2.24, 2.45) is 5.10 Å². The molecule has 0 radical (unpaired) electrons. The SMILES string of the molecule is COC(=O)c1cnc(OCc2ccc(Cl)cc2)nc1N1CC(c2ccccc2)C(c2ccc(Cl)cc2)=N1. The average Bonchev–Trinajstić information content (AvgIpc) is 3.38. The van der Waals surface area contributed by atoms with Crippen LogP contribution in [-0.2, 0) is 11.3 Å². The van der Waals surface area contributed by atoms with Crippen LogP contribution in [0.3, 0.4) is 0 Å². The van der Waals surface area contributed by atoms with Crippen LogP contribution < -0.4 is 9.75 Å². The third kappa shape index (κ3) is 5.58. The number of ether oxygens (including phenoxy) is 2. The molecule has 0 amide bonds. The fourth-order valence-electron chi connectivity index (χ4n) is 4.07. The summed E-state index contributed by atoms with van der Waals surface area (Å²) in [6, 6.07) is 25.0. The summed E-state index contributed by atoms with van der Waals surface area (Å²) in [6.07, 6.45) is 1.40. The number of carbonyl (C=O) groups is 1. The third-order valence-electron chi connectivity index (χ3n) is 5.93. The fourth-order valence-corrected chi connectivity index (χ4v) is 4.32. The number of carbonyl (C=O) groups excluding carboxylic acids is 1. The van der Waals surface area contributed by atoms with E-state index >= 15 is 0 Å². The van der Waals surface area contributed by atoms with Gasteiger partial charge >= 0.3 is 12.0 Å². The zero-order chi connectivity index (χ0) is 25.8. The molecule has 0 spiro atoms. The molecule has 0 fully saturated rings. The van der Waals surface area contributed by atoms with Crippen LogP contribution in [0.1, 0.15) is 33.0 Å². The number of esters is 1. The van der Waals surface area contributed by atoms with Crippen LogP contribution in [0, 0.1) is 0 Å². The minimum absolute atomic E-state index is 0.0683. The molecule has 0 aliphatic carbocycles. The van der Waals surface area contributed by atoms with E-state index in [0.717, 1.165) is 22.4 Å². The van der Waals surface area contributed by atoms with Gasteiger partial charge < -0.3 is 9.47 Å². The van der Waals surface area contributed by atoms with Crippen molar-refractivity contribution in [2.75, 3.05) is 18.7 Å². The Morgan fingerprint density at radius 1 is 0.973 bits per heavy atom. The predicted octanol–water partition coefficient (Wildman–Crippen LogP) is 6.16. The highest BCUT2D eigenvalue weighted by Crippen LogP contribution is 2.33. The molecule has 0 bridgehead atoms. The first-order valence-electron chi connectivity index (χ1n) is 11.5. The number of halogens is 2. The van der Waals surface area contributed by atoms with E-state index in [4.69, 9.17) is 37.8 Å². The maximum absolute atomic E-state index is 12.6. The van der Waals surface area contributed by atoms with Gasteiger partial charge in [-0.1, -0.05) is 77.8 Å². The maximum Gasteiger partial charge on any atom is 0.343 e. The smallest absolute Gasteiger partial charge is 0.343 e. The number of aromatic nitrogens is 2. The van der Waals surface area contributed by atoms with E-state index in [1.165, 1.54) is 13.3 Å². The second-order valence-corrected chi connectivity index (χ2v) is 9.21. The summed E-state index contributed by atoms with van der Waals surface area (Å²) in [5.41, 5.74) is 3.94. The Morgan fingerprint density at radius 3 is 2.32 bits per heavy atom. The number of rotatable bonds is 7. The van der Waals surface area contributed by atoms with Crippen molar-refractivity contribution in [1.29, 1.82) is 0 Å². The molecule has 1 aliphatic rings. The van der Waals surface area contributed by atoms with Crippen molar-refractivity contribution in [2.45, 2.75) is 12.5 Å². The minimum Gasteiger partial charge on any atom is -0.465 e. The van der Waals surface area contributed by atoms with Crippen LogP contribution in [0.15, 0.2) is 90.2 Å². The summed E-state index contributed by atoms with van der Waals surface area (Å²) in [6.45, 7) is 0.694. The molecule has 1 atom stereocenters. The average molecular weight is 533 g/mol. The van der Waals surface area contributed by atoms with Gasteiger partial charge in [0, 0.05) is 16.0 Å². The quantitative estimate of drug-likeness (QED) is 0.265. The molecule has 2 heterocycles. The summed E-state index contributed by atoms with van der Waals surface area (Å²) in [5.74, 6) is -0.329. The van der Waals surface area contributed by atoms with Crippen LogP contribution in [0.5, 0.6) is 6.01 Å². The highest BCUT2D eigenvalue weighted by Gasteiger charge is 2.33. The second-order valence-electron chi connectivity index (χ2n) is 8.33. The summed E-state index contributed by atoms with van der Waals surface area (Å²) in [4.78, 5) is 21.4. The summed E-state index contributed by atoms with van der Waals surface area (Å²) < 4.78 is 10.8. The lowest BCUT2D eigenvalue weighted by molar-refractivity contribution is 0.0600. The Balaban J connectivity index is 1.51. The summed E-state index contributed by atoms with van der Waals surface area (Å²) >= 11 is 12.1. The van der Waals surface area contributed by atoms with Crippen LogP contribution in [-0.4, -0.2) is 35.3 Å². The van der Waals surface area contributed by atoms with Crippen LogP contribution in [0.2, 0.25) is 10.0 Å². The molecule has 5 rings (SSSR count). The van der Waals surface area contributed by atoms with E-state index in [9.17, 15) is 4.79 Å². The van der Waals surface area contributed by atoms with Gasteiger partial charge in [-0.2, -0.15) is 10.1 Å². The summed E-state index contributed by atoms with van der Waals surface area (Å²) in [7, 11) is 1.32. The van der Waals surface area contributed by atoms with Crippen molar-refractivity contribution in [3.05, 3.63) is 117 Å². The van der Waals surface area contributed by atoms with Crippen LogP contribution in [0.25, 0.3) is 0 Å². The van der Waals surface area contributed by atoms with Gasteiger partial charge in [0.25, 0.3) is 0 Å². The van der Waals surface area contributed by atoms with E-state index in [1.807, 2.05) is 54.6 Å². The van der Waals surface area contributed by atoms with Crippen molar-refractivity contribution in [3.8, 4) is 6.01 Å². The van der Waals surface area contributed by atoms with E-state index in [-0.39, 0.29) is 24.1 Å². The number of methoxy groups -OCH3 is 1. The van der Waals surface area contributed by atoms with Gasteiger partial charge in [0.15, 0.2) is 5.82 Å². The van der Waals surface area contributed by atoms with Crippen molar-refractivity contribution < 1.29 is 14.3 Å². The Morgan fingerprint density at radius 2 is 1.65 bits per heavy atom. The second kappa shape index (κ2) is 11.0. The fraction of sp³-hybridized carbons (Fsp3) is 0.143. The Hall–Kier alpha value is -3.94. The molecule has 0 saturated heterocycles. The number of anilines is 1. The lowest BCUT2D eigenvalue weighted by Gasteiger charge is -2.18. The number of benzene rings is 3. The van der Waals surface area contributed by atoms with Gasteiger partial charge in [-0.3, -0.25) is 0 Å². The molecule has 1 aliphatic heterocycles. The molecule has 1 aromatic heterocycles. The molecule has 7 nitrogen and oxygen atoms in total. The highest BCUT2D eigenvalue weighted by molar-refractivity contribution is 6.31. The van der Waals surface area contributed by atoms with E-state index in [0.29, 0.717) is 22.4 Å². The lowest BCUT2D eigenvalue weighted by atomic mass is 9.91. The van der Waals surface area contributed by atoms with Gasteiger partial charge in [-0.15, -0.1) is 0 Å². The normalized spacial score (nSPS) is 14.8. The Labute approximate surface area is 224 Å². The van der Waals surface area contributed by atoms with Crippen molar-refractivity contribution >= 4 is 40.7 Å². The monoisotopic (exact) mass is 532 g/mol. The van der Waals surface area contributed by atoms with Crippen LogP contribution in [0.4, 0.5) is 5.82 Å². The van der Waals surface area contributed by atoms with Crippen LogP contribution >= 0.6 is 23.2 Å². The number of hydrazone groups is 1. The van der Waals surface area contributed by atoms with E-state index < -0.39 is 5.97 Å². The molecule has 37 heavy (non-hydrogen) atoms. The van der Waals surface area contributed by atoms with E-state index in [1.54, 1.807) is 17.1 Å². The third-order valence-corrected chi connectivity index (χ3v) is 6.44. The molecular weight excluding hydrogens is 511 g/mol. The molecule has 4 aromatic rings. The van der Waals surface area contributed by atoms with Crippen molar-refractivity contribution in [1.82, 2.24) is 9.97 Å². The molecule has 1 unspecified atom stereocenters. The molecule has 0 N–H and O–H groups in total. The lowest BCUT2D eigenvalue weighted by Crippen LogP contribution is -2.22. The largest absolute Gasteiger partial charge is 0.465 e. The summed E-state index contributed by atoms with van der Waals surface area (Å²) in [5, 5.41) is 7.88. The van der Waals surface area contributed by atoms with Gasteiger partial charge in [0.2, 0.25) is 0 Å². The predicted molar refractivity (Wildman–Crippen MR) is 144 cm³/mol. The maximum atomic E-state index is 12.6. The number of nitrogens with zero attached hydrogens (tertiary/aromatic N) is 4. The first kappa shape index (κ1) is 24.7.